The van der Waals surface area contributed by atoms with Crippen LogP contribution >= 0.6 is 12.2 Å². The fraction of sp³-hybridized carbons (Fsp3) is 0.818. The summed E-state index contributed by atoms with van der Waals surface area (Å²) < 4.78 is 2.92. The van der Waals surface area contributed by atoms with E-state index in [9.17, 15) is 0 Å². The second-order valence-corrected chi connectivity index (χ2v) is 4.29. The molecule has 0 aliphatic carbocycles. The Hall–Kier alpha value is -0.640. The molecule has 0 bridgehead atoms. The molecule has 0 amide bonds. The van der Waals surface area contributed by atoms with Gasteiger partial charge in [0.1, 0.15) is 5.82 Å². The zero-order valence-corrected chi connectivity index (χ0v) is 10.6. The van der Waals surface area contributed by atoms with E-state index in [2.05, 4.69) is 28.6 Å². The summed E-state index contributed by atoms with van der Waals surface area (Å²) in [6.07, 6.45) is 7.22. The van der Waals surface area contributed by atoms with Crippen LogP contribution < -0.4 is 0 Å². The number of hydrogen-bond acceptors (Lipinski definition) is 2. The highest BCUT2D eigenvalue weighted by molar-refractivity contribution is 7.71. The molecule has 0 aliphatic rings. The molecule has 0 radical (unpaired) electrons. The Balaban J connectivity index is 2.50. The van der Waals surface area contributed by atoms with E-state index in [1.807, 2.05) is 0 Å². The van der Waals surface area contributed by atoms with Crippen LogP contribution in [0.1, 0.15) is 51.8 Å². The lowest BCUT2D eigenvalue weighted by Gasteiger charge is -2.05. The predicted molar refractivity (Wildman–Crippen MR) is 65.5 cm³/mol. The summed E-state index contributed by atoms with van der Waals surface area (Å²) in [5.74, 6) is 1.11. The van der Waals surface area contributed by atoms with Crippen LogP contribution in [0, 0.1) is 4.77 Å². The average Bonchev–Trinajstić information content (AvgIpc) is 2.56. The molecule has 0 aliphatic heterocycles. The summed E-state index contributed by atoms with van der Waals surface area (Å²) in [5, 5.41) is 7.13. The summed E-state index contributed by atoms with van der Waals surface area (Å²) in [6.45, 7) is 5.41. The van der Waals surface area contributed by atoms with Gasteiger partial charge in [-0.25, -0.2) is 0 Å². The molecule has 0 fully saturated rings. The number of nitrogens with one attached hydrogen (secondary N) is 1. The fourth-order valence-corrected chi connectivity index (χ4v) is 1.93. The standard InChI is InChI=1S/C11H21N3S/c1-3-5-6-7-9-14-10(8-4-2)12-13-11(14)15/h3-9H2,1-2H3,(H,13,15). The van der Waals surface area contributed by atoms with Crippen molar-refractivity contribution in [1.82, 2.24) is 14.8 Å². The van der Waals surface area contributed by atoms with E-state index in [0.717, 1.165) is 30.0 Å². The summed E-state index contributed by atoms with van der Waals surface area (Å²) in [6, 6.07) is 0. The Bertz CT molecular complexity index is 327. The first-order valence-corrected chi connectivity index (χ1v) is 6.34. The van der Waals surface area contributed by atoms with Gasteiger partial charge in [-0.2, -0.15) is 5.10 Å². The maximum atomic E-state index is 5.21. The topological polar surface area (TPSA) is 33.6 Å². The molecule has 0 atom stereocenters. The molecule has 1 rings (SSSR count). The van der Waals surface area contributed by atoms with Crippen molar-refractivity contribution in [3.05, 3.63) is 10.6 Å². The Morgan fingerprint density at radius 3 is 2.67 bits per heavy atom. The Morgan fingerprint density at radius 1 is 1.20 bits per heavy atom. The molecule has 0 saturated heterocycles. The highest BCUT2D eigenvalue weighted by Gasteiger charge is 2.03. The number of unbranched alkanes of at least 4 members (excludes halogenated alkanes) is 3. The lowest BCUT2D eigenvalue weighted by molar-refractivity contribution is 0.558. The summed E-state index contributed by atoms with van der Waals surface area (Å²) >= 11 is 5.21. The predicted octanol–water partition coefficient (Wildman–Crippen LogP) is 3.47. The van der Waals surface area contributed by atoms with E-state index in [4.69, 9.17) is 12.2 Å². The van der Waals surface area contributed by atoms with Crippen LogP contribution in [0.25, 0.3) is 0 Å². The number of rotatable bonds is 7. The zero-order valence-electron chi connectivity index (χ0n) is 9.75. The van der Waals surface area contributed by atoms with Gasteiger partial charge in [0.25, 0.3) is 0 Å². The van der Waals surface area contributed by atoms with Crippen molar-refractivity contribution in [3.63, 3.8) is 0 Å². The molecular weight excluding hydrogens is 206 g/mol. The highest BCUT2D eigenvalue weighted by Crippen LogP contribution is 2.06. The summed E-state index contributed by atoms with van der Waals surface area (Å²) in [7, 11) is 0. The highest BCUT2D eigenvalue weighted by atomic mass is 32.1. The van der Waals surface area contributed by atoms with E-state index in [0.29, 0.717) is 0 Å². The van der Waals surface area contributed by atoms with E-state index in [1.165, 1.54) is 25.7 Å². The molecule has 1 heterocycles. The zero-order chi connectivity index (χ0) is 11.1. The monoisotopic (exact) mass is 227 g/mol. The van der Waals surface area contributed by atoms with Crippen LogP contribution in [0.2, 0.25) is 0 Å². The molecule has 1 aromatic rings. The molecule has 0 unspecified atom stereocenters. The molecule has 0 aromatic carbocycles. The molecule has 1 aromatic heterocycles. The third-order valence-corrected chi connectivity index (χ3v) is 2.86. The average molecular weight is 227 g/mol. The number of hydrogen-bond donors (Lipinski definition) is 1. The molecule has 15 heavy (non-hydrogen) atoms. The van der Waals surface area contributed by atoms with Crippen LogP contribution in [0.3, 0.4) is 0 Å². The van der Waals surface area contributed by atoms with Crippen LogP contribution in [0.5, 0.6) is 0 Å². The van der Waals surface area contributed by atoms with Gasteiger partial charge in [0.2, 0.25) is 0 Å². The smallest absolute Gasteiger partial charge is 0.195 e. The van der Waals surface area contributed by atoms with Gasteiger partial charge in [-0.3, -0.25) is 5.10 Å². The van der Waals surface area contributed by atoms with Crippen molar-refractivity contribution >= 4 is 12.2 Å². The number of aromatic amines is 1. The van der Waals surface area contributed by atoms with Crippen molar-refractivity contribution in [2.75, 3.05) is 0 Å². The van der Waals surface area contributed by atoms with Crippen LogP contribution in [0.4, 0.5) is 0 Å². The van der Waals surface area contributed by atoms with E-state index >= 15 is 0 Å². The van der Waals surface area contributed by atoms with Crippen molar-refractivity contribution in [1.29, 1.82) is 0 Å². The molecular formula is C11H21N3S. The van der Waals surface area contributed by atoms with Gasteiger partial charge >= 0.3 is 0 Å². The second-order valence-electron chi connectivity index (χ2n) is 3.91. The lowest BCUT2D eigenvalue weighted by atomic mass is 10.2. The number of nitrogens with zero attached hydrogens (tertiary/aromatic N) is 2. The van der Waals surface area contributed by atoms with E-state index < -0.39 is 0 Å². The van der Waals surface area contributed by atoms with Gasteiger partial charge in [-0.1, -0.05) is 33.1 Å². The maximum absolute atomic E-state index is 5.21. The third-order valence-electron chi connectivity index (χ3n) is 2.55. The molecule has 1 N–H and O–H groups in total. The fourth-order valence-electron chi connectivity index (χ4n) is 1.69. The van der Waals surface area contributed by atoms with Crippen molar-refractivity contribution in [2.24, 2.45) is 0 Å². The summed E-state index contributed by atoms with van der Waals surface area (Å²) in [5.41, 5.74) is 0. The van der Waals surface area contributed by atoms with Crippen molar-refractivity contribution in [2.45, 2.75) is 58.9 Å². The Morgan fingerprint density at radius 2 is 2.00 bits per heavy atom. The molecule has 3 nitrogen and oxygen atoms in total. The van der Waals surface area contributed by atoms with Gasteiger partial charge < -0.3 is 4.57 Å². The number of H-pyrrole nitrogens is 1. The maximum Gasteiger partial charge on any atom is 0.195 e. The first-order valence-electron chi connectivity index (χ1n) is 5.93. The molecule has 0 saturated carbocycles. The Kier molecular flexibility index (Phi) is 5.61. The third kappa shape index (κ3) is 3.78. The van der Waals surface area contributed by atoms with Crippen molar-refractivity contribution in [3.8, 4) is 0 Å². The van der Waals surface area contributed by atoms with Gasteiger partial charge in [0.15, 0.2) is 4.77 Å². The lowest BCUT2D eigenvalue weighted by Crippen LogP contribution is -2.04. The van der Waals surface area contributed by atoms with Gasteiger partial charge in [-0.15, -0.1) is 0 Å². The molecule has 86 valence electrons. The minimum Gasteiger partial charge on any atom is -0.304 e. The first-order chi connectivity index (χ1) is 7.29. The normalized spacial score (nSPS) is 10.8. The SMILES string of the molecule is CCCCCCn1c(CCC)n[nH]c1=S. The second kappa shape index (κ2) is 6.77. The molecule has 0 spiro atoms. The minimum absolute atomic E-state index is 0.773. The van der Waals surface area contributed by atoms with Crippen LogP contribution in [-0.4, -0.2) is 14.8 Å². The Labute approximate surface area is 96.9 Å². The van der Waals surface area contributed by atoms with Gasteiger partial charge in [-0.05, 0) is 25.1 Å². The number of aryl methyl sites for hydroxylation is 1. The van der Waals surface area contributed by atoms with Crippen LogP contribution in [-0.2, 0) is 13.0 Å². The van der Waals surface area contributed by atoms with Crippen molar-refractivity contribution < 1.29 is 0 Å². The molecule has 4 heteroatoms. The van der Waals surface area contributed by atoms with E-state index in [1.54, 1.807) is 0 Å². The van der Waals surface area contributed by atoms with E-state index in [-0.39, 0.29) is 0 Å². The van der Waals surface area contributed by atoms with Gasteiger partial charge in [0.05, 0.1) is 0 Å². The van der Waals surface area contributed by atoms with Gasteiger partial charge in [0, 0.05) is 13.0 Å². The first kappa shape index (κ1) is 12.4. The largest absolute Gasteiger partial charge is 0.304 e. The minimum atomic E-state index is 0.773. The summed E-state index contributed by atoms with van der Waals surface area (Å²) in [4.78, 5) is 0. The van der Waals surface area contributed by atoms with Crippen LogP contribution in [0.15, 0.2) is 0 Å². The quantitative estimate of drug-likeness (QED) is 0.571. The number of aromatic nitrogens is 3.